The number of aryl methyl sites for hydroxylation is 1. The van der Waals surface area contributed by atoms with Crippen LogP contribution in [0.15, 0.2) is 34.4 Å². The van der Waals surface area contributed by atoms with Crippen LogP contribution in [0.3, 0.4) is 0 Å². The molecule has 0 aliphatic carbocycles. The average Bonchev–Trinajstić information content (AvgIpc) is 3.07. The molecule has 168 valence electrons. The Balaban J connectivity index is 2.62. The molecule has 0 radical (unpaired) electrons. The van der Waals surface area contributed by atoms with Gasteiger partial charge in [0.25, 0.3) is 0 Å². The summed E-state index contributed by atoms with van der Waals surface area (Å²) >= 11 is 7.50. The van der Waals surface area contributed by atoms with Crippen LogP contribution in [0.2, 0.25) is 5.02 Å². The van der Waals surface area contributed by atoms with E-state index < -0.39 is 12.8 Å². The third-order valence-corrected chi connectivity index (χ3v) is 5.82. The summed E-state index contributed by atoms with van der Waals surface area (Å²) in [5, 5.41) is 9.45. The monoisotopic (exact) mass is 472 g/mol. The van der Waals surface area contributed by atoms with Crippen LogP contribution >= 0.6 is 22.9 Å². The summed E-state index contributed by atoms with van der Waals surface area (Å²) < 4.78 is 44.9. The molecule has 31 heavy (non-hydrogen) atoms. The summed E-state index contributed by atoms with van der Waals surface area (Å²) in [4.78, 5) is 9.97. The van der Waals surface area contributed by atoms with Gasteiger partial charge in [-0.05, 0) is 30.0 Å². The normalized spacial score (nSPS) is 13.4. The zero-order chi connectivity index (χ0) is 23.2. The van der Waals surface area contributed by atoms with Gasteiger partial charge in [-0.25, -0.2) is 0 Å². The van der Waals surface area contributed by atoms with Crippen LogP contribution in [0.1, 0.15) is 51.0 Å². The zero-order valence-electron chi connectivity index (χ0n) is 17.8. The molecule has 5 nitrogen and oxygen atoms in total. The lowest BCUT2D eigenvalue weighted by Crippen LogP contribution is -2.21. The second kappa shape index (κ2) is 10.3. The second-order valence-electron chi connectivity index (χ2n) is 7.87. The third kappa shape index (κ3) is 7.40. The maximum atomic E-state index is 12.7. The highest BCUT2D eigenvalue weighted by Gasteiger charge is 2.29. The van der Waals surface area contributed by atoms with Gasteiger partial charge in [0.05, 0.1) is 5.56 Å². The van der Waals surface area contributed by atoms with Crippen molar-refractivity contribution in [3.05, 3.63) is 44.7 Å². The average molecular weight is 473 g/mol. The van der Waals surface area contributed by atoms with Crippen molar-refractivity contribution in [2.45, 2.75) is 58.7 Å². The fraction of sp³-hybridized carbons (Fsp3) is 0.476. The summed E-state index contributed by atoms with van der Waals surface area (Å²) in [6, 6.07) is 4.11. The number of hydrogen-bond acceptors (Lipinski definition) is 4. The van der Waals surface area contributed by atoms with E-state index in [1.807, 2.05) is 10.8 Å². The first kappa shape index (κ1) is 25.0. The van der Waals surface area contributed by atoms with E-state index in [4.69, 9.17) is 16.3 Å². The fourth-order valence-corrected chi connectivity index (χ4v) is 3.80. The molecule has 1 aromatic carbocycles. The molecule has 0 aliphatic heterocycles. The first-order valence-corrected chi connectivity index (χ1v) is 10.9. The smallest absolute Gasteiger partial charge is 0.422 e. The Morgan fingerprint density at radius 3 is 2.58 bits per heavy atom. The van der Waals surface area contributed by atoms with E-state index >= 15 is 0 Å². The third-order valence-electron chi connectivity index (χ3n) is 4.14. The number of alkyl halides is 3. The fourth-order valence-electron chi connectivity index (χ4n) is 2.55. The summed E-state index contributed by atoms with van der Waals surface area (Å²) in [7, 11) is 0. The van der Waals surface area contributed by atoms with E-state index in [9.17, 15) is 18.4 Å². The van der Waals surface area contributed by atoms with E-state index in [0.29, 0.717) is 11.3 Å². The quantitative estimate of drug-likeness (QED) is 0.291. The number of benzene rings is 1. The standard InChI is InChI=1S/C21H24ClF3N4OS/c1-5-6-9-29-11-17(20(2,3)4)31-19(29)28-18(27-13-26)15-10-14(22)7-8-16(15)30-12-21(23,24)25/h7-8,10-11H,5-6,9,12H2,1-4H3. The maximum Gasteiger partial charge on any atom is 0.422 e. The van der Waals surface area contributed by atoms with E-state index in [0.717, 1.165) is 17.7 Å². The first-order chi connectivity index (χ1) is 14.4. The Labute approximate surface area is 188 Å². The summed E-state index contributed by atoms with van der Waals surface area (Å²) in [5.74, 6) is -0.165. The molecular formula is C21H24ClF3N4OS. The van der Waals surface area contributed by atoms with Crippen LogP contribution in [0.25, 0.3) is 0 Å². The van der Waals surface area contributed by atoms with E-state index in [2.05, 4.69) is 37.7 Å². The van der Waals surface area contributed by atoms with Gasteiger partial charge in [-0.2, -0.15) is 28.4 Å². The van der Waals surface area contributed by atoms with Gasteiger partial charge < -0.3 is 9.30 Å². The van der Waals surface area contributed by atoms with Crippen LogP contribution < -0.4 is 9.54 Å². The van der Waals surface area contributed by atoms with Gasteiger partial charge in [0.1, 0.15) is 5.75 Å². The highest BCUT2D eigenvalue weighted by molar-refractivity contribution is 7.09. The Kier molecular flexibility index (Phi) is 8.32. The summed E-state index contributed by atoms with van der Waals surface area (Å²) in [6.45, 7) is 7.55. The minimum atomic E-state index is -4.51. The Morgan fingerprint density at radius 2 is 2.00 bits per heavy atom. The van der Waals surface area contributed by atoms with Crippen molar-refractivity contribution in [3.8, 4) is 11.9 Å². The molecule has 0 N–H and O–H groups in total. The van der Waals surface area contributed by atoms with Gasteiger partial charge in [-0.3, -0.25) is 0 Å². The minimum Gasteiger partial charge on any atom is -0.483 e. The number of unbranched alkanes of at least 4 members (excludes halogenated alkanes) is 1. The lowest BCUT2D eigenvalue weighted by molar-refractivity contribution is -0.153. The molecule has 0 spiro atoms. The van der Waals surface area contributed by atoms with Crippen molar-refractivity contribution in [2.24, 2.45) is 9.98 Å². The molecule has 0 unspecified atom stereocenters. The molecule has 0 saturated carbocycles. The van der Waals surface area contributed by atoms with Gasteiger partial charge in [-0.15, -0.1) is 11.3 Å². The summed E-state index contributed by atoms with van der Waals surface area (Å²) in [6.07, 6.45) is 1.08. The molecule has 0 amide bonds. The number of aliphatic imine (C=N–C) groups is 1. The van der Waals surface area contributed by atoms with E-state index in [1.54, 1.807) is 6.19 Å². The Morgan fingerprint density at radius 1 is 1.29 bits per heavy atom. The summed E-state index contributed by atoms with van der Waals surface area (Å²) in [5.41, 5.74) is 0.00161. The van der Waals surface area contributed by atoms with Crippen molar-refractivity contribution in [1.82, 2.24) is 4.57 Å². The number of nitrogens with zero attached hydrogens (tertiary/aromatic N) is 4. The van der Waals surface area contributed by atoms with E-state index in [-0.39, 0.29) is 27.6 Å². The molecule has 1 heterocycles. The molecule has 0 saturated heterocycles. The van der Waals surface area contributed by atoms with Crippen LogP contribution in [-0.2, 0) is 12.0 Å². The molecule has 1 aromatic heterocycles. The van der Waals surface area contributed by atoms with Crippen molar-refractivity contribution in [3.63, 3.8) is 0 Å². The largest absolute Gasteiger partial charge is 0.483 e. The van der Waals surface area contributed by atoms with Gasteiger partial charge in [0.2, 0.25) is 6.19 Å². The number of nitriles is 1. The number of ether oxygens (including phenoxy) is 1. The predicted octanol–water partition coefficient (Wildman–Crippen LogP) is 6.07. The Bertz CT molecular complexity index is 1040. The maximum absolute atomic E-state index is 12.7. The molecule has 0 bridgehead atoms. The molecule has 2 rings (SSSR count). The number of rotatable bonds is 6. The van der Waals surface area contributed by atoms with Crippen LogP contribution in [0, 0.1) is 11.5 Å². The Hall–Kier alpha value is -2.31. The molecule has 0 aliphatic rings. The van der Waals surface area contributed by atoms with Crippen LogP contribution in [0.4, 0.5) is 13.2 Å². The van der Waals surface area contributed by atoms with Crippen molar-refractivity contribution in [1.29, 1.82) is 5.26 Å². The van der Waals surface area contributed by atoms with Gasteiger partial charge in [-0.1, -0.05) is 45.7 Å². The van der Waals surface area contributed by atoms with E-state index in [1.165, 1.54) is 29.5 Å². The highest BCUT2D eigenvalue weighted by Crippen LogP contribution is 2.27. The topological polar surface area (TPSA) is 62.7 Å². The second-order valence-corrected chi connectivity index (χ2v) is 9.31. The first-order valence-electron chi connectivity index (χ1n) is 9.66. The van der Waals surface area contributed by atoms with Gasteiger partial charge >= 0.3 is 6.18 Å². The van der Waals surface area contributed by atoms with Crippen LogP contribution in [-0.4, -0.2) is 23.2 Å². The molecule has 0 fully saturated rings. The number of amidine groups is 1. The number of thiazole rings is 1. The lowest BCUT2D eigenvalue weighted by Gasteiger charge is -2.14. The molecule has 0 atom stereocenters. The number of aromatic nitrogens is 1. The number of halogens is 4. The van der Waals surface area contributed by atoms with Crippen molar-refractivity contribution >= 4 is 28.8 Å². The SMILES string of the molecule is CCCCn1cc(C(C)(C)C)sc1=NC(=NC#N)c1cc(Cl)ccc1OCC(F)(F)F. The zero-order valence-corrected chi connectivity index (χ0v) is 19.3. The van der Waals surface area contributed by atoms with Crippen LogP contribution in [0.5, 0.6) is 5.75 Å². The van der Waals surface area contributed by atoms with Crippen molar-refractivity contribution in [2.75, 3.05) is 6.61 Å². The predicted molar refractivity (Wildman–Crippen MR) is 117 cm³/mol. The number of hydrogen-bond donors (Lipinski definition) is 0. The molecule has 2 aromatic rings. The highest BCUT2D eigenvalue weighted by atomic mass is 35.5. The lowest BCUT2D eigenvalue weighted by atomic mass is 9.95. The molecule has 10 heteroatoms. The minimum absolute atomic E-state index is 0.0604. The van der Waals surface area contributed by atoms with Gasteiger partial charge in [0, 0.05) is 22.6 Å². The molecular weight excluding hydrogens is 449 g/mol. The van der Waals surface area contributed by atoms with Gasteiger partial charge in [0.15, 0.2) is 17.2 Å². The van der Waals surface area contributed by atoms with Crippen molar-refractivity contribution < 1.29 is 17.9 Å².